The van der Waals surface area contributed by atoms with E-state index in [2.05, 4.69) is 15.0 Å². The maximum absolute atomic E-state index is 13.4. The molecule has 3 atom stereocenters. The first-order valence-corrected chi connectivity index (χ1v) is 13.1. The lowest BCUT2D eigenvalue weighted by atomic mass is 9.77. The standard InChI is InChI=1S/C23H33N3O5S/c1-31-23(28)24-19-10-12-20(13-11-19)32(29,30)25-14-4-8-18(16-25)22(27)26-15-5-7-17-6-2-3-9-21(17)26/h10-13,17-18,21H,2-9,14-16H2,1H3,(H,24,28)/t17-,18-,21+/m0/s1. The van der Waals surface area contributed by atoms with Gasteiger partial charge in [0.15, 0.2) is 0 Å². The van der Waals surface area contributed by atoms with Crippen LogP contribution < -0.4 is 5.32 Å². The van der Waals surface area contributed by atoms with Crippen LogP contribution in [-0.2, 0) is 19.6 Å². The molecule has 2 aliphatic heterocycles. The second kappa shape index (κ2) is 9.79. The van der Waals surface area contributed by atoms with E-state index in [0.717, 1.165) is 25.8 Å². The van der Waals surface area contributed by atoms with Crippen LogP contribution in [0.5, 0.6) is 0 Å². The first-order valence-electron chi connectivity index (χ1n) is 11.7. The molecule has 32 heavy (non-hydrogen) atoms. The third kappa shape index (κ3) is 4.78. The number of hydrogen-bond acceptors (Lipinski definition) is 5. The average Bonchev–Trinajstić information content (AvgIpc) is 2.83. The summed E-state index contributed by atoms with van der Waals surface area (Å²) in [5.41, 5.74) is 0.453. The van der Waals surface area contributed by atoms with E-state index in [4.69, 9.17) is 0 Å². The van der Waals surface area contributed by atoms with E-state index in [1.54, 1.807) is 0 Å². The van der Waals surface area contributed by atoms with Crippen molar-refractivity contribution < 1.29 is 22.7 Å². The number of sulfonamides is 1. The molecule has 8 nitrogen and oxygen atoms in total. The Morgan fingerprint density at radius 3 is 2.41 bits per heavy atom. The summed E-state index contributed by atoms with van der Waals surface area (Å²) in [6.45, 7) is 1.45. The molecule has 4 rings (SSSR count). The van der Waals surface area contributed by atoms with E-state index < -0.39 is 16.1 Å². The number of hydrogen-bond donors (Lipinski definition) is 1. The number of nitrogens with one attached hydrogen (secondary N) is 1. The van der Waals surface area contributed by atoms with Crippen molar-refractivity contribution in [2.75, 3.05) is 32.1 Å². The maximum atomic E-state index is 13.4. The lowest BCUT2D eigenvalue weighted by molar-refractivity contribution is -0.143. The highest BCUT2D eigenvalue weighted by atomic mass is 32.2. The lowest BCUT2D eigenvalue weighted by Gasteiger charge is -2.46. The number of carbonyl (C=O) groups is 2. The minimum absolute atomic E-state index is 0.138. The van der Waals surface area contributed by atoms with Crippen LogP contribution in [0.2, 0.25) is 0 Å². The largest absolute Gasteiger partial charge is 0.453 e. The normalized spacial score (nSPS) is 26.8. The summed E-state index contributed by atoms with van der Waals surface area (Å²) in [7, 11) is -2.45. The third-order valence-electron chi connectivity index (χ3n) is 7.18. The van der Waals surface area contributed by atoms with Crippen molar-refractivity contribution in [3.8, 4) is 0 Å². The Labute approximate surface area is 190 Å². The molecule has 3 aliphatic rings. The van der Waals surface area contributed by atoms with Gasteiger partial charge in [0.05, 0.1) is 17.9 Å². The molecule has 1 aromatic rings. The van der Waals surface area contributed by atoms with Crippen molar-refractivity contribution >= 4 is 27.7 Å². The summed E-state index contributed by atoms with van der Waals surface area (Å²) in [6, 6.07) is 6.36. The molecule has 1 N–H and O–H groups in total. The second-order valence-electron chi connectivity index (χ2n) is 9.13. The van der Waals surface area contributed by atoms with Gasteiger partial charge in [0.25, 0.3) is 0 Å². The summed E-state index contributed by atoms with van der Waals surface area (Å²) in [6.07, 6.45) is 7.78. The minimum atomic E-state index is -3.71. The van der Waals surface area contributed by atoms with Gasteiger partial charge < -0.3 is 9.64 Å². The first-order chi connectivity index (χ1) is 15.4. The number of rotatable bonds is 4. The molecule has 1 saturated carbocycles. The number of piperidine rings is 2. The molecule has 2 saturated heterocycles. The van der Waals surface area contributed by atoms with Crippen molar-refractivity contribution in [3.63, 3.8) is 0 Å². The van der Waals surface area contributed by atoms with Gasteiger partial charge in [0.2, 0.25) is 15.9 Å². The number of nitrogens with zero attached hydrogens (tertiary/aromatic N) is 2. The Morgan fingerprint density at radius 1 is 0.969 bits per heavy atom. The van der Waals surface area contributed by atoms with E-state index in [1.165, 1.54) is 61.4 Å². The molecule has 0 spiro atoms. The van der Waals surface area contributed by atoms with Crippen molar-refractivity contribution in [2.45, 2.75) is 62.3 Å². The van der Waals surface area contributed by atoms with Crippen LogP contribution in [0.3, 0.4) is 0 Å². The van der Waals surface area contributed by atoms with E-state index in [9.17, 15) is 18.0 Å². The molecule has 0 bridgehead atoms. The van der Waals surface area contributed by atoms with Gasteiger partial charge in [0.1, 0.15) is 0 Å². The average molecular weight is 464 g/mol. The highest BCUT2D eigenvalue weighted by molar-refractivity contribution is 7.89. The van der Waals surface area contributed by atoms with Crippen LogP contribution in [0.1, 0.15) is 51.4 Å². The summed E-state index contributed by atoms with van der Waals surface area (Å²) >= 11 is 0. The van der Waals surface area contributed by atoms with Crippen LogP contribution in [0.15, 0.2) is 29.2 Å². The number of anilines is 1. The summed E-state index contributed by atoms with van der Waals surface area (Å²) in [5.74, 6) is 0.473. The summed E-state index contributed by atoms with van der Waals surface area (Å²) in [4.78, 5) is 27.0. The molecule has 1 aliphatic carbocycles. The Bertz CT molecular complexity index is 931. The van der Waals surface area contributed by atoms with Crippen LogP contribution in [0.4, 0.5) is 10.5 Å². The van der Waals surface area contributed by atoms with Gasteiger partial charge in [-0.3, -0.25) is 10.1 Å². The number of methoxy groups -OCH3 is 1. The number of amides is 2. The van der Waals surface area contributed by atoms with E-state index in [0.29, 0.717) is 30.6 Å². The number of ether oxygens (including phenoxy) is 1. The zero-order valence-corrected chi connectivity index (χ0v) is 19.5. The van der Waals surface area contributed by atoms with Gasteiger partial charge in [-0.05, 0) is 68.7 Å². The van der Waals surface area contributed by atoms with Crippen molar-refractivity contribution in [3.05, 3.63) is 24.3 Å². The highest BCUT2D eigenvalue weighted by Crippen LogP contribution is 2.37. The Kier molecular flexibility index (Phi) is 7.05. The molecule has 9 heteroatoms. The molecule has 0 unspecified atom stereocenters. The van der Waals surface area contributed by atoms with Crippen LogP contribution in [0.25, 0.3) is 0 Å². The predicted molar refractivity (Wildman–Crippen MR) is 121 cm³/mol. The number of carbonyl (C=O) groups excluding carboxylic acids is 2. The Morgan fingerprint density at radius 2 is 1.66 bits per heavy atom. The monoisotopic (exact) mass is 463 g/mol. The molecule has 2 heterocycles. The SMILES string of the molecule is COC(=O)Nc1ccc(S(=O)(=O)N2CCC[C@H](C(=O)N3CCC[C@@H]4CCCC[C@H]43)C2)cc1. The molecule has 2 amide bonds. The third-order valence-corrected chi connectivity index (χ3v) is 9.06. The Balaban J connectivity index is 1.44. The molecular weight excluding hydrogens is 430 g/mol. The molecule has 0 aromatic heterocycles. The molecule has 0 radical (unpaired) electrons. The smallest absolute Gasteiger partial charge is 0.411 e. The number of benzene rings is 1. The van der Waals surface area contributed by atoms with Gasteiger partial charge in [0, 0.05) is 31.4 Å². The van der Waals surface area contributed by atoms with Gasteiger partial charge in [-0.15, -0.1) is 0 Å². The van der Waals surface area contributed by atoms with Crippen molar-refractivity contribution in [1.29, 1.82) is 0 Å². The van der Waals surface area contributed by atoms with E-state index >= 15 is 0 Å². The van der Waals surface area contributed by atoms with Crippen LogP contribution >= 0.6 is 0 Å². The van der Waals surface area contributed by atoms with Crippen LogP contribution in [0, 0.1) is 11.8 Å². The minimum Gasteiger partial charge on any atom is -0.453 e. The fourth-order valence-electron chi connectivity index (χ4n) is 5.52. The lowest BCUT2D eigenvalue weighted by Crippen LogP contribution is -2.54. The molecule has 3 fully saturated rings. The van der Waals surface area contributed by atoms with Gasteiger partial charge in [-0.2, -0.15) is 4.31 Å². The first kappa shape index (κ1) is 23.0. The highest BCUT2D eigenvalue weighted by Gasteiger charge is 2.40. The van der Waals surface area contributed by atoms with Gasteiger partial charge >= 0.3 is 6.09 Å². The summed E-state index contributed by atoms with van der Waals surface area (Å²) in [5, 5.41) is 2.51. The molecule has 176 valence electrons. The second-order valence-corrected chi connectivity index (χ2v) is 11.1. The number of likely N-dealkylation sites (tertiary alicyclic amines) is 1. The van der Waals surface area contributed by atoms with Gasteiger partial charge in [-0.1, -0.05) is 12.8 Å². The summed E-state index contributed by atoms with van der Waals surface area (Å²) < 4.78 is 32.5. The zero-order valence-electron chi connectivity index (χ0n) is 18.7. The Hall–Kier alpha value is -2.13. The fraction of sp³-hybridized carbons (Fsp3) is 0.652. The van der Waals surface area contributed by atoms with Crippen LogP contribution in [-0.4, -0.2) is 62.4 Å². The fourth-order valence-corrected chi connectivity index (χ4v) is 7.05. The van der Waals surface area contributed by atoms with E-state index in [1.807, 2.05) is 0 Å². The quantitative estimate of drug-likeness (QED) is 0.738. The topological polar surface area (TPSA) is 96.0 Å². The number of fused-ring (bicyclic) bond motifs is 1. The van der Waals surface area contributed by atoms with Crippen molar-refractivity contribution in [2.24, 2.45) is 11.8 Å². The maximum Gasteiger partial charge on any atom is 0.411 e. The molecule has 1 aromatic carbocycles. The van der Waals surface area contributed by atoms with Crippen molar-refractivity contribution in [1.82, 2.24) is 9.21 Å². The molecular formula is C23H33N3O5S. The predicted octanol–water partition coefficient (Wildman–Crippen LogP) is 3.45. The van der Waals surface area contributed by atoms with Gasteiger partial charge in [-0.25, -0.2) is 13.2 Å². The van der Waals surface area contributed by atoms with E-state index in [-0.39, 0.29) is 23.3 Å². The zero-order chi connectivity index (χ0) is 22.7.